The Balaban J connectivity index is 2.16. The number of aliphatic hydroxyl groups excluding tert-OH is 1. The van der Waals surface area contributed by atoms with Crippen molar-refractivity contribution in [1.82, 2.24) is 9.55 Å². The van der Waals surface area contributed by atoms with E-state index in [0.29, 0.717) is 31.1 Å². The van der Waals surface area contributed by atoms with Gasteiger partial charge in [0.1, 0.15) is 11.4 Å². The van der Waals surface area contributed by atoms with Gasteiger partial charge in [-0.2, -0.15) is 0 Å². The first-order chi connectivity index (χ1) is 11.5. The molecule has 2 aliphatic heterocycles. The van der Waals surface area contributed by atoms with Gasteiger partial charge < -0.3 is 19.7 Å². The number of carbonyl (C=O) groups excluding carboxylic acids is 1. The van der Waals surface area contributed by atoms with Gasteiger partial charge in [-0.15, -0.1) is 0 Å². The van der Waals surface area contributed by atoms with Gasteiger partial charge in [0.2, 0.25) is 5.75 Å². The first-order valence-corrected chi connectivity index (χ1v) is 8.28. The Morgan fingerprint density at radius 1 is 1.42 bits per heavy atom. The minimum Gasteiger partial charge on any atom is -0.501 e. The van der Waals surface area contributed by atoms with Crippen LogP contribution in [-0.2, 0) is 21.6 Å². The predicted octanol–water partition coefficient (Wildman–Crippen LogP) is 0.534. The van der Waals surface area contributed by atoms with Gasteiger partial charge in [0.15, 0.2) is 5.69 Å². The Morgan fingerprint density at radius 3 is 2.75 bits per heavy atom. The lowest BCUT2D eigenvalue weighted by Crippen LogP contribution is -2.38. The highest BCUT2D eigenvalue weighted by Crippen LogP contribution is 2.45. The summed E-state index contributed by atoms with van der Waals surface area (Å²) in [6, 6.07) is 0. The first kappa shape index (κ1) is 16.9. The molecule has 3 aliphatic rings. The quantitative estimate of drug-likeness (QED) is 0.754. The van der Waals surface area contributed by atoms with Crippen LogP contribution in [-0.4, -0.2) is 45.6 Å². The van der Waals surface area contributed by atoms with E-state index in [2.05, 4.69) is 4.98 Å². The second-order valence-corrected chi connectivity index (χ2v) is 6.28. The molecule has 1 aromatic heterocycles. The molecule has 1 saturated carbocycles. The highest BCUT2D eigenvalue weighted by Gasteiger charge is 2.45. The number of ether oxygens (including phenoxy) is 2. The van der Waals surface area contributed by atoms with Gasteiger partial charge in [0, 0.05) is 6.54 Å². The highest BCUT2D eigenvalue weighted by molar-refractivity contribution is 5.90. The van der Waals surface area contributed by atoms with E-state index in [4.69, 9.17) is 14.6 Å². The number of fused-ring (bicyclic) bond motifs is 2. The van der Waals surface area contributed by atoms with Crippen molar-refractivity contribution in [2.75, 3.05) is 19.8 Å². The minimum absolute atomic E-state index is 0.118. The topological polar surface area (TPSA) is 111 Å². The summed E-state index contributed by atoms with van der Waals surface area (Å²) < 4.78 is 12.2. The van der Waals surface area contributed by atoms with Gasteiger partial charge in [-0.1, -0.05) is 0 Å². The highest BCUT2D eigenvalue weighted by atomic mass is 16.5. The third-order valence-electron chi connectivity index (χ3n) is 4.84. The Kier molecular flexibility index (Phi) is 4.60. The molecule has 4 rings (SSSR count). The molecule has 1 aromatic rings. The molecule has 2 N–H and O–H groups in total. The molecular formula is C16H22N2O6. The average Bonchev–Trinajstić information content (AvgIpc) is 2.83. The number of aromatic nitrogens is 2. The van der Waals surface area contributed by atoms with E-state index in [1.54, 1.807) is 6.92 Å². The molecule has 0 saturated heterocycles. The number of hydrogen-bond acceptors (Lipinski definition) is 7. The summed E-state index contributed by atoms with van der Waals surface area (Å²) >= 11 is 0. The van der Waals surface area contributed by atoms with Crippen molar-refractivity contribution in [2.24, 2.45) is 5.92 Å². The van der Waals surface area contributed by atoms with Gasteiger partial charge in [0.25, 0.3) is 5.56 Å². The Hall–Kier alpha value is -1.93. The largest absolute Gasteiger partial charge is 0.501 e. The molecule has 8 heteroatoms. The van der Waals surface area contributed by atoms with Crippen LogP contribution in [0.3, 0.4) is 0 Å². The van der Waals surface area contributed by atoms with Crippen molar-refractivity contribution < 1.29 is 24.5 Å². The summed E-state index contributed by atoms with van der Waals surface area (Å²) in [5.41, 5.74) is -1.83. The lowest BCUT2D eigenvalue weighted by molar-refractivity contribution is -0.0937. The first-order valence-electron chi connectivity index (χ1n) is 8.28. The molecule has 8 nitrogen and oxygen atoms in total. The lowest BCUT2D eigenvalue weighted by atomic mass is 9.80. The second-order valence-electron chi connectivity index (χ2n) is 6.28. The van der Waals surface area contributed by atoms with E-state index in [9.17, 15) is 14.7 Å². The summed E-state index contributed by atoms with van der Waals surface area (Å²) in [6.45, 7) is 2.18. The fourth-order valence-corrected chi connectivity index (χ4v) is 3.66. The van der Waals surface area contributed by atoms with Gasteiger partial charge >= 0.3 is 5.97 Å². The smallest absolute Gasteiger partial charge is 0.361 e. The molecule has 1 fully saturated rings. The maximum absolute atomic E-state index is 12.6. The van der Waals surface area contributed by atoms with E-state index in [0.717, 1.165) is 12.8 Å². The zero-order chi connectivity index (χ0) is 17.3. The van der Waals surface area contributed by atoms with Gasteiger partial charge in [0.05, 0.1) is 19.8 Å². The lowest BCUT2D eigenvalue weighted by Gasteiger charge is -2.36. The summed E-state index contributed by atoms with van der Waals surface area (Å²) in [4.78, 5) is 28.9. The van der Waals surface area contributed by atoms with Crippen LogP contribution >= 0.6 is 0 Å². The van der Waals surface area contributed by atoms with Crippen molar-refractivity contribution in [3.05, 3.63) is 21.9 Å². The van der Waals surface area contributed by atoms with Gasteiger partial charge in [-0.25, -0.2) is 9.78 Å². The number of hydrogen-bond donors (Lipinski definition) is 2. The number of aromatic hydroxyl groups is 1. The van der Waals surface area contributed by atoms with Crippen molar-refractivity contribution >= 4 is 5.97 Å². The molecule has 0 atom stereocenters. The molecule has 1 aliphatic carbocycles. The fourth-order valence-electron chi connectivity index (χ4n) is 3.66. The van der Waals surface area contributed by atoms with Crippen molar-refractivity contribution in [3.8, 4) is 5.75 Å². The molecule has 0 radical (unpaired) electrons. The van der Waals surface area contributed by atoms with E-state index < -0.39 is 22.9 Å². The number of nitrogens with zero attached hydrogens (tertiary/aromatic N) is 2. The number of aliphatic hydroxyl groups is 1. The SMILES string of the molecule is CCOC(=O)c1nc2n(c(=O)c1O)CC1CCC2(OCCO)CC1. The van der Waals surface area contributed by atoms with Crippen molar-refractivity contribution in [3.63, 3.8) is 0 Å². The summed E-state index contributed by atoms with van der Waals surface area (Å²) in [7, 11) is 0. The van der Waals surface area contributed by atoms with Crippen LogP contribution in [0, 0.1) is 5.92 Å². The second kappa shape index (κ2) is 6.52. The Morgan fingerprint density at radius 2 is 2.12 bits per heavy atom. The molecule has 132 valence electrons. The van der Waals surface area contributed by atoms with E-state index in [1.165, 1.54) is 4.57 Å². The van der Waals surface area contributed by atoms with Gasteiger partial charge in [-0.05, 0) is 38.5 Å². The van der Waals surface area contributed by atoms with Crippen molar-refractivity contribution in [2.45, 2.75) is 44.8 Å². The summed E-state index contributed by atoms with van der Waals surface area (Å²) in [5.74, 6) is -0.853. The van der Waals surface area contributed by atoms with Crippen LogP contribution in [0.4, 0.5) is 0 Å². The summed E-state index contributed by atoms with van der Waals surface area (Å²) in [6.07, 6.45) is 3.06. The molecular weight excluding hydrogens is 316 g/mol. The molecule has 24 heavy (non-hydrogen) atoms. The maximum atomic E-state index is 12.6. The minimum atomic E-state index is -0.827. The zero-order valence-electron chi connectivity index (χ0n) is 13.7. The third-order valence-corrected chi connectivity index (χ3v) is 4.84. The Labute approximate surface area is 139 Å². The normalized spacial score (nSPS) is 25.2. The standard InChI is InChI=1S/C16H22N2O6/c1-2-23-14(22)11-12(20)13(21)18-9-10-3-5-16(6-4-10,15(18)17-11)24-8-7-19/h10,19-20H,2-9H2,1H3. The van der Waals surface area contributed by atoms with Crippen molar-refractivity contribution in [1.29, 1.82) is 0 Å². The number of esters is 1. The summed E-state index contributed by atoms with van der Waals surface area (Å²) in [5, 5.41) is 19.2. The molecule has 0 amide bonds. The van der Waals surface area contributed by atoms with Crippen LogP contribution in [0.15, 0.2) is 4.79 Å². The Bertz CT molecular complexity index is 691. The monoisotopic (exact) mass is 338 g/mol. The number of rotatable bonds is 5. The maximum Gasteiger partial charge on any atom is 0.361 e. The number of carbonyl (C=O) groups is 1. The van der Waals surface area contributed by atoms with Crippen LogP contribution in [0.1, 0.15) is 48.9 Å². The van der Waals surface area contributed by atoms with E-state index in [1.807, 2.05) is 0 Å². The van der Waals surface area contributed by atoms with Crippen LogP contribution < -0.4 is 5.56 Å². The zero-order valence-corrected chi connectivity index (χ0v) is 13.7. The van der Waals surface area contributed by atoms with E-state index in [-0.39, 0.29) is 25.5 Å². The van der Waals surface area contributed by atoms with Crippen LogP contribution in [0.5, 0.6) is 5.75 Å². The molecule has 0 unspecified atom stereocenters. The molecule has 0 spiro atoms. The third kappa shape index (κ3) is 2.69. The molecule has 2 bridgehead atoms. The molecule has 0 aromatic carbocycles. The molecule has 3 heterocycles. The van der Waals surface area contributed by atoms with Crippen LogP contribution in [0.2, 0.25) is 0 Å². The average molecular weight is 338 g/mol. The van der Waals surface area contributed by atoms with Crippen LogP contribution in [0.25, 0.3) is 0 Å². The predicted molar refractivity (Wildman–Crippen MR) is 82.8 cm³/mol. The fraction of sp³-hybridized carbons (Fsp3) is 0.688. The van der Waals surface area contributed by atoms with E-state index >= 15 is 0 Å². The van der Waals surface area contributed by atoms with Gasteiger partial charge in [-0.3, -0.25) is 9.36 Å².